The van der Waals surface area contributed by atoms with E-state index in [4.69, 9.17) is 0 Å². The fraction of sp³-hybridized carbons (Fsp3) is 0.435. The number of nitrogens with zero attached hydrogens (tertiary/aromatic N) is 3. The summed E-state index contributed by atoms with van der Waals surface area (Å²) in [6.07, 6.45) is 7.60. The van der Waals surface area contributed by atoms with Crippen LogP contribution in [0.3, 0.4) is 0 Å². The average molecular weight is 361 g/mol. The molecule has 0 radical (unpaired) electrons. The molecule has 1 saturated carbocycles. The van der Waals surface area contributed by atoms with E-state index in [-0.39, 0.29) is 0 Å². The Bertz CT molecular complexity index is 955. The van der Waals surface area contributed by atoms with E-state index < -0.39 is 0 Å². The molecule has 2 aromatic heterocycles. The van der Waals surface area contributed by atoms with E-state index in [1.807, 2.05) is 12.4 Å². The van der Waals surface area contributed by atoms with Gasteiger partial charge < -0.3 is 14.8 Å². The van der Waals surface area contributed by atoms with Crippen LogP contribution in [0.2, 0.25) is 0 Å². The smallest absolute Gasteiger partial charge is 0.0714 e. The summed E-state index contributed by atoms with van der Waals surface area (Å²) in [7, 11) is 2.23. The molecule has 0 bridgehead atoms. The zero-order chi connectivity index (χ0) is 18.4. The number of fused-ring (bicyclic) bond motifs is 3. The third-order valence-corrected chi connectivity index (χ3v) is 6.11. The molecule has 1 unspecified atom stereocenters. The Morgan fingerprint density at radius 3 is 2.78 bits per heavy atom. The predicted octanol–water partition coefficient (Wildman–Crippen LogP) is 3.67. The number of rotatable bonds is 5. The molecule has 5 rings (SSSR count). The summed E-state index contributed by atoms with van der Waals surface area (Å²) in [5.41, 5.74) is 7.10. The number of hydrogen-bond donors (Lipinski definition) is 1. The van der Waals surface area contributed by atoms with Crippen molar-refractivity contribution in [1.82, 2.24) is 19.8 Å². The molecule has 4 heteroatoms. The van der Waals surface area contributed by atoms with Gasteiger partial charge in [0.15, 0.2) is 0 Å². The maximum Gasteiger partial charge on any atom is 0.0714 e. The quantitative estimate of drug-likeness (QED) is 0.754. The van der Waals surface area contributed by atoms with Crippen molar-refractivity contribution in [3.63, 3.8) is 0 Å². The summed E-state index contributed by atoms with van der Waals surface area (Å²) in [6, 6.07) is 12.3. The van der Waals surface area contributed by atoms with Crippen LogP contribution in [0.5, 0.6) is 0 Å². The molecule has 1 fully saturated rings. The molecule has 1 aliphatic carbocycles. The second kappa shape index (κ2) is 6.77. The first-order valence-corrected chi connectivity index (χ1v) is 10.1. The van der Waals surface area contributed by atoms with E-state index in [0.29, 0.717) is 12.1 Å². The van der Waals surface area contributed by atoms with Crippen molar-refractivity contribution in [2.45, 2.75) is 44.8 Å². The van der Waals surface area contributed by atoms with Crippen molar-refractivity contribution in [3.8, 4) is 0 Å². The molecule has 0 amide bonds. The second-order valence-electron chi connectivity index (χ2n) is 8.28. The number of aromatic nitrogens is 2. The van der Waals surface area contributed by atoms with Crippen LogP contribution in [0.4, 0.5) is 0 Å². The molecule has 3 aromatic rings. The highest BCUT2D eigenvalue weighted by molar-refractivity contribution is 5.87. The lowest BCUT2D eigenvalue weighted by molar-refractivity contribution is 0.307. The van der Waals surface area contributed by atoms with Crippen LogP contribution in [-0.4, -0.2) is 40.6 Å². The molecule has 1 N–H and O–H groups in total. The van der Waals surface area contributed by atoms with Crippen LogP contribution in [0.25, 0.3) is 10.9 Å². The van der Waals surface area contributed by atoms with Crippen LogP contribution in [-0.2, 0) is 13.0 Å². The molecule has 0 saturated heterocycles. The topological polar surface area (TPSA) is 33.1 Å². The standard InChI is InChI=1S/C23H28N4/c1-16-3-6-21-19(13-16)20-15-26(2)12-9-22(20)27(21)23(14-25-18-4-5-18)17-7-10-24-11-8-17/h3,6-8,10-11,13,18,23,25H,4-5,9,12,14-15H2,1-2H3. The summed E-state index contributed by atoms with van der Waals surface area (Å²) in [6.45, 7) is 5.35. The van der Waals surface area contributed by atoms with Crippen LogP contribution >= 0.6 is 0 Å². The second-order valence-corrected chi connectivity index (χ2v) is 8.28. The minimum absolute atomic E-state index is 0.311. The number of nitrogens with one attached hydrogen (secondary N) is 1. The first-order chi connectivity index (χ1) is 13.2. The minimum atomic E-state index is 0.311. The van der Waals surface area contributed by atoms with E-state index in [1.165, 1.54) is 46.1 Å². The van der Waals surface area contributed by atoms with Gasteiger partial charge in [-0.1, -0.05) is 11.6 Å². The highest BCUT2D eigenvalue weighted by Crippen LogP contribution is 2.36. The monoisotopic (exact) mass is 360 g/mol. The Balaban J connectivity index is 1.68. The van der Waals surface area contributed by atoms with Crippen LogP contribution in [0, 0.1) is 6.92 Å². The zero-order valence-corrected chi connectivity index (χ0v) is 16.3. The maximum absolute atomic E-state index is 4.25. The van der Waals surface area contributed by atoms with Gasteiger partial charge >= 0.3 is 0 Å². The SMILES string of the molecule is Cc1ccc2c(c1)c1c(n2C(CNC2CC2)c2ccncc2)CCN(C)C1. The normalized spacial score (nSPS) is 18.6. The molecule has 4 nitrogen and oxygen atoms in total. The van der Waals surface area contributed by atoms with Gasteiger partial charge in [0.05, 0.1) is 6.04 Å². The summed E-state index contributed by atoms with van der Waals surface area (Å²) in [5.74, 6) is 0. The molecular formula is C23H28N4. The van der Waals surface area contributed by atoms with Gasteiger partial charge in [0.2, 0.25) is 0 Å². The van der Waals surface area contributed by atoms with Crippen molar-refractivity contribution < 1.29 is 0 Å². The van der Waals surface area contributed by atoms with Crippen molar-refractivity contribution in [1.29, 1.82) is 0 Å². The lowest BCUT2D eigenvalue weighted by Crippen LogP contribution is -2.31. The molecular weight excluding hydrogens is 332 g/mol. The van der Waals surface area contributed by atoms with E-state index >= 15 is 0 Å². The van der Waals surface area contributed by atoms with E-state index in [1.54, 1.807) is 0 Å². The number of hydrogen-bond acceptors (Lipinski definition) is 3. The molecule has 1 aromatic carbocycles. The fourth-order valence-electron chi connectivity index (χ4n) is 4.51. The van der Waals surface area contributed by atoms with Gasteiger partial charge in [0.1, 0.15) is 0 Å². The number of likely N-dealkylation sites (N-methyl/N-ethyl adjacent to an activating group) is 1. The molecule has 3 heterocycles. The first-order valence-electron chi connectivity index (χ1n) is 10.1. The lowest BCUT2D eigenvalue weighted by Gasteiger charge is -2.28. The fourth-order valence-corrected chi connectivity index (χ4v) is 4.51. The van der Waals surface area contributed by atoms with Gasteiger partial charge in [-0.3, -0.25) is 4.98 Å². The minimum Gasteiger partial charge on any atom is -0.335 e. The Kier molecular flexibility index (Phi) is 4.25. The average Bonchev–Trinajstić information content (AvgIpc) is 3.46. The number of aryl methyl sites for hydroxylation is 1. The summed E-state index contributed by atoms with van der Waals surface area (Å²) < 4.78 is 2.63. The highest BCUT2D eigenvalue weighted by atomic mass is 15.1. The largest absolute Gasteiger partial charge is 0.335 e. The maximum atomic E-state index is 4.25. The van der Waals surface area contributed by atoms with Crippen molar-refractivity contribution in [2.75, 3.05) is 20.1 Å². The van der Waals surface area contributed by atoms with Gasteiger partial charge in [-0.05, 0) is 62.2 Å². The highest BCUT2D eigenvalue weighted by Gasteiger charge is 2.28. The molecule has 2 aliphatic rings. The van der Waals surface area contributed by atoms with E-state index in [9.17, 15) is 0 Å². The van der Waals surface area contributed by atoms with Crippen molar-refractivity contribution >= 4 is 10.9 Å². The van der Waals surface area contributed by atoms with Crippen LogP contribution in [0.15, 0.2) is 42.7 Å². The molecule has 1 atom stereocenters. The van der Waals surface area contributed by atoms with Gasteiger partial charge in [-0.15, -0.1) is 0 Å². The predicted molar refractivity (Wildman–Crippen MR) is 110 cm³/mol. The summed E-state index contributed by atoms with van der Waals surface area (Å²) >= 11 is 0. The van der Waals surface area contributed by atoms with Gasteiger partial charge in [0.25, 0.3) is 0 Å². The van der Waals surface area contributed by atoms with E-state index in [2.05, 4.69) is 64.1 Å². The number of benzene rings is 1. The Morgan fingerprint density at radius 2 is 2.00 bits per heavy atom. The van der Waals surface area contributed by atoms with Gasteiger partial charge in [0, 0.05) is 61.1 Å². The van der Waals surface area contributed by atoms with Crippen molar-refractivity contribution in [3.05, 3.63) is 65.1 Å². The molecule has 140 valence electrons. The Hall–Kier alpha value is -2.17. The zero-order valence-electron chi connectivity index (χ0n) is 16.3. The van der Waals surface area contributed by atoms with Crippen LogP contribution in [0.1, 0.15) is 41.3 Å². The first kappa shape index (κ1) is 17.0. The number of pyridine rings is 1. The Morgan fingerprint density at radius 1 is 1.19 bits per heavy atom. The summed E-state index contributed by atoms with van der Waals surface area (Å²) in [4.78, 5) is 6.69. The van der Waals surface area contributed by atoms with Crippen molar-refractivity contribution in [2.24, 2.45) is 0 Å². The Labute approximate surface area is 161 Å². The summed E-state index contributed by atoms with van der Waals surface area (Å²) in [5, 5.41) is 5.22. The van der Waals surface area contributed by atoms with Gasteiger partial charge in [-0.2, -0.15) is 0 Å². The molecule has 1 aliphatic heterocycles. The van der Waals surface area contributed by atoms with E-state index in [0.717, 1.165) is 26.1 Å². The molecule has 27 heavy (non-hydrogen) atoms. The van der Waals surface area contributed by atoms with Gasteiger partial charge in [-0.25, -0.2) is 0 Å². The lowest BCUT2D eigenvalue weighted by atomic mass is 10.0. The third-order valence-electron chi connectivity index (χ3n) is 6.11. The molecule has 0 spiro atoms. The van der Waals surface area contributed by atoms with Crippen LogP contribution < -0.4 is 5.32 Å². The third kappa shape index (κ3) is 3.17.